The zero-order valence-electron chi connectivity index (χ0n) is 14.6. The Morgan fingerprint density at radius 2 is 1.88 bits per heavy atom. The van der Waals surface area contributed by atoms with Crippen LogP contribution in [0.3, 0.4) is 0 Å². The maximum atomic E-state index is 12.3. The molecule has 7 nitrogen and oxygen atoms in total. The monoisotopic (exact) mass is 343 g/mol. The quantitative estimate of drug-likeness (QED) is 0.793. The molecule has 1 aromatic carbocycles. The first-order valence-electron chi connectivity index (χ1n) is 8.69. The normalized spacial score (nSPS) is 20.9. The van der Waals surface area contributed by atoms with Crippen molar-refractivity contribution in [3.8, 4) is 5.69 Å². The number of urea groups is 1. The highest BCUT2D eigenvalue weighted by Crippen LogP contribution is 2.20. The van der Waals surface area contributed by atoms with Gasteiger partial charge in [-0.15, -0.1) is 5.10 Å². The second kappa shape index (κ2) is 7.23. The Bertz CT molecular complexity index is 705. The molecule has 3 N–H and O–H groups in total. The number of nitrogens with one attached hydrogen (secondary N) is 2. The first-order chi connectivity index (χ1) is 11.9. The van der Waals surface area contributed by atoms with Crippen molar-refractivity contribution in [2.24, 2.45) is 0 Å². The van der Waals surface area contributed by atoms with Crippen LogP contribution in [0.1, 0.15) is 45.2 Å². The van der Waals surface area contributed by atoms with Crippen LogP contribution in [-0.4, -0.2) is 38.3 Å². The summed E-state index contributed by atoms with van der Waals surface area (Å²) in [6.45, 7) is 3.80. The van der Waals surface area contributed by atoms with Gasteiger partial charge in [-0.3, -0.25) is 0 Å². The number of aromatic nitrogens is 3. The zero-order valence-corrected chi connectivity index (χ0v) is 14.6. The van der Waals surface area contributed by atoms with E-state index in [0.29, 0.717) is 5.69 Å². The van der Waals surface area contributed by atoms with Gasteiger partial charge in [-0.1, -0.05) is 23.4 Å². The second-order valence-corrected chi connectivity index (χ2v) is 7.11. The number of carbonyl (C=O) groups excluding carboxylic acids is 1. The van der Waals surface area contributed by atoms with E-state index in [2.05, 4.69) is 20.9 Å². The maximum Gasteiger partial charge on any atom is 0.315 e. The number of rotatable bonds is 4. The lowest BCUT2D eigenvalue weighted by Gasteiger charge is -2.29. The van der Waals surface area contributed by atoms with Gasteiger partial charge < -0.3 is 15.7 Å². The van der Waals surface area contributed by atoms with E-state index in [1.54, 1.807) is 4.68 Å². The van der Waals surface area contributed by atoms with Gasteiger partial charge in [0.2, 0.25) is 0 Å². The fourth-order valence-electron chi connectivity index (χ4n) is 3.05. The molecule has 0 bridgehead atoms. The van der Waals surface area contributed by atoms with E-state index >= 15 is 0 Å². The Labute approximate surface area is 147 Å². The molecule has 0 aliphatic heterocycles. The van der Waals surface area contributed by atoms with Crippen molar-refractivity contribution in [2.75, 3.05) is 0 Å². The maximum absolute atomic E-state index is 12.3. The Morgan fingerprint density at radius 1 is 1.20 bits per heavy atom. The molecule has 1 aliphatic carbocycles. The van der Waals surface area contributed by atoms with Crippen molar-refractivity contribution in [2.45, 2.75) is 57.2 Å². The number of amides is 2. The van der Waals surface area contributed by atoms with Crippen molar-refractivity contribution >= 4 is 6.03 Å². The van der Waals surface area contributed by atoms with Crippen LogP contribution in [0.15, 0.2) is 36.5 Å². The third-order valence-electron chi connectivity index (χ3n) is 4.61. The molecule has 0 unspecified atom stereocenters. The van der Waals surface area contributed by atoms with E-state index in [4.69, 9.17) is 0 Å². The first-order valence-corrected chi connectivity index (χ1v) is 8.69. The summed E-state index contributed by atoms with van der Waals surface area (Å²) in [6, 6.07) is 9.61. The fraction of sp³-hybridized carbons (Fsp3) is 0.500. The minimum Gasteiger partial charge on any atom is -0.393 e. The summed E-state index contributed by atoms with van der Waals surface area (Å²) in [4.78, 5) is 12.3. The highest BCUT2D eigenvalue weighted by atomic mass is 16.3. The summed E-state index contributed by atoms with van der Waals surface area (Å²) >= 11 is 0. The molecule has 2 aromatic rings. The van der Waals surface area contributed by atoms with E-state index < -0.39 is 5.54 Å². The molecule has 25 heavy (non-hydrogen) atoms. The molecule has 2 amide bonds. The number of hydrogen-bond donors (Lipinski definition) is 3. The lowest BCUT2D eigenvalue weighted by Crippen LogP contribution is -2.50. The van der Waals surface area contributed by atoms with Gasteiger partial charge in [-0.25, -0.2) is 9.48 Å². The second-order valence-electron chi connectivity index (χ2n) is 7.11. The van der Waals surface area contributed by atoms with Crippen molar-refractivity contribution in [3.05, 3.63) is 42.2 Å². The Kier molecular flexibility index (Phi) is 5.03. The molecule has 7 heteroatoms. The molecule has 3 rings (SSSR count). The molecule has 0 atom stereocenters. The summed E-state index contributed by atoms with van der Waals surface area (Å²) in [7, 11) is 0. The predicted molar refractivity (Wildman–Crippen MR) is 94.3 cm³/mol. The van der Waals surface area contributed by atoms with E-state index in [1.807, 2.05) is 50.4 Å². The van der Waals surface area contributed by atoms with Gasteiger partial charge in [0.25, 0.3) is 0 Å². The summed E-state index contributed by atoms with van der Waals surface area (Å²) in [5.74, 6) is 0. The number of para-hydroxylation sites is 1. The van der Waals surface area contributed by atoms with Gasteiger partial charge in [0.1, 0.15) is 5.69 Å². The molecule has 1 fully saturated rings. The van der Waals surface area contributed by atoms with Crippen molar-refractivity contribution < 1.29 is 9.90 Å². The zero-order chi connectivity index (χ0) is 17.9. The van der Waals surface area contributed by atoms with Crippen LogP contribution in [0.4, 0.5) is 4.79 Å². The van der Waals surface area contributed by atoms with Crippen LogP contribution in [0.25, 0.3) is 5.69 Å². The standard InChI is InChI=1S/C18H25N5O2/c1-18(2,20-17(25)19-13-8-10-15(24)11-9-13)16-12-23(22-21-16)14-6-4-3-5-7-14/h3-7,12-13,15,24H,8-11H2,1-2H3,(H2,19,20,25). The largest absolute Gasteiger partial charge is 0.393 e. The Hall–Kier alpha value is -2.41. The number of carbonyl (C=O) groups is 1. The third-order valence-corrected chi connectivity index (χ3v) is 4.61. The van der Waals surface area contributed by atoms with Crippen LogP contribution in [0.2, 0.25) is 0 Å². The lowest BCUT2D eigenvalue weighted by molar-refractivity contribution is 0.117. The van der Waals surface area contributed by atoms with E-state index in [-0.39, 0.29) is 18.2 Å². The third kappa shape index (κ3) is 4.36. The Balaban J connectivity index is 1.61. The van der Waals surface area contributed by atoms with Gasteiger partial charge in [0.15, 0.2) is 0 Å². The topological polar surface area (TPSA) is 92.1 Å². The van der Waals surface area contributed by atoms with Gasteiger partial charge in [-0.2, -0.15) is 0 Å². The summed E-state index contributed by atoms with van der Waals surface area (Å²) in [6.07, 6.45) is 4.68. The van der Waals surface area contributed by atoms with Crippen molar-refractivity contribution in [1.29, 1.82) is 0 Å². The molecule has 1 aromatic heterocycles. The summed E-state index contributed by atoms with van der Waals surface area (Å²) in [5.41, 5.74) is 0.957. The van der Waals surface area contributed by atoms with Gasteiger partial charge >= 0.3 is 6.03 Å². The number of aliphatic hydroxyl groups excluding tert-OH is 1. The first kappa shape index (κ1) is 17.4. The number of benzene rings is 1. The predicted octanol–water partition coefficient (Wildman–Crippen LogP) is 2.11. The lowest BCUT2D eigenvalue weighted by atomic mass is 9.93. The molecule has 0 spiro atoms. The molecule has 1 heterocycles. The number of hydrogen-bond acceptors (Lipinski definition) is 4. The van der Waals surface area contributed by atoms with Crippen LogP contribution in [0, 0.1) is 0 Å². The number of aliphatic hydroxyl groups is 1. The molecule has 1 saturated carbocycles. The smallest absolute Gasteiger partial charge is 0.315 e. The number of nitrogens with zero attached hydrogens (tertiary/aromatic N) is 3. The SMILES string of the molecule is CC(C)(NC(=O)NC1CCC(O)CC1)c1cn(-c2ccccc2)nn1. The summed E-state index contributed by atoms with van der Waals surface area (Å²) < 4.78 is 1.69. The van der Waals surface area contributed by atoms with Gasteiger partial charge in [-0.05, 0) is 51.7 Å². The van der Waals surface area contributed by atoms with Crippen molar-refractivity contribution in [1.82, 2.24) is 25.6 Å². The van der Waals surface area contributed by atoms with E-state index in [9.17, 15) is 9.90 Å². The highest BCUT2D eigenvalue weighted by Gasteiger charge is 2.28. The van der Waals surface area contributed by atoms with E-state index in [1.165, 1.54) is 0 Å². The van der Waals surface area contributed by atoms with Gasteiger partial charge in [0.05, 0.1) is 23.5 Å². The minimum absolute atomic E-state index is 0.110. The molecular weight excluding hydrogens is 318 g/mol. The van der Waals surface area contributed by atoms with Crippen molar-refractivity contribution in [3.63, 3.8) is 0 Å². The molecule has 134 valence electrons. The van der Waals surface area contributed by atoms with Crippen LogP contribution in [-0.2, 0) is 5.54 Å². The minimum atomic E-state index is -0.648. The average Bonchev–Trinajstić information content (AvgIpc) is 3.08. The molecule has 1 aliphatic rings. The Morgan fingerprint density at radius 3 is 2.56 bits per heavy atom. The van der Waals surface area contributed by atoms with Crippen LogP contribution < -0.4 is 10.6 Å². The van der Waals surface area contributed by atoms with Crippen LogP contribution >= 0.6 is 0 Å². The summed E-state index contributed by atoms with van der Waals surface area (Å²) in [5, 5.41) is 23.9. The molecular formula is C18H25N5O2. The molecule has 0 radical (unpaired) electrons. The van der Waals surface area contributed by atoms with Gasteiger partial charge in [0, 0.05) is 6.04 Å². The highest BCUT2D eigenvalue weighted by molar-refractivity contribution is 5.75. The molecule has 0 saturated heterocycles. The van der Waals surface area contributed by atoms with Crippen LogP contribution in [0.5, 0.6) is 0 Å². The van der Waals surface area contributed by atoms with E-state index in [0.717, 1.165) is 31.4 Å². The fourth-order valence-corrected chi connectivity index (χ4v) is 3.05. The average molecular weight is 343 g/mol.